The first-order valence-corrected chi connectivity index (χ1v) is 9.28. The van der Waals surface area contributed by atoms with Gasteiger partial charge in [-0.25, -0.2) is 22.0 Å². The van der Waals surface area contributed by atoms with E-state index < -0.39 is 31.5 Å². The van der Waals surface area contributed by atoms with Crippen molar-refractivity contribution in [2.75, 3.05) is 19.1 Å². The lowest BCUT2D eigenvalue weighted by atomic mass is 10.2. The number of primary sulfonamides is 1. The Bertz CT molecular complexity index is 740. The van der Waals surface area contributed by atoms with Crippen LogP contribution in [0.5, 0.6) is 5.75 Å². The van der Waals surface area contributed by atoms with Gasteiger partial charge in [0.25, 0.3) is 0 Å². The lowest BCUT2D eigenvalue weighted by Crippen LogP contribution is -2.29. The van der Waals surface area contributed by atoms with E-state index in [0.717, 1.165) is 6.26 Å². The number of hydrogen-bond donors (Lipinski definition) is 2. The van der Waals surface area contributed by atoms with Gasteiger partial charge in [0.15, 0.2) is 9.84 Å². The molecule has 0 atom stereocenters. The maximum absolute atomic E-state index is 11.4. The van der Waals surface area contributed by atoms with E-state index >= 15 is 0 Å². The number of sulfonamides is 1. The zero-order chi connectivity index (χ0) is 16.3. The Kier molecular flexibility index (Phi) is 5.31. The first-order chi connectivity index (χ1) is 9.53. The Morgan fingerprint density at radius 2 is 1.90 bits per heavy atom. The molecule has 0 aliphatic carbocycles. The van der Waals surface area contributed by atoms with Gasteiger partial charge in [-0.05, 0) is 17.7 Å². The normalized spacial score (nSPS) is 12.0. The average Bonchev–Trinajstić information content (AvgIpc) is 2.33. The number of nitrogens with one attached hydrogen (secondary N) is 1. The molecule has 10 heteroatoms. The first-order valence-electron chi connectivity index (χ1n) is 5.67. The monoisotopic (exact) mass is 336 g/mol. The summed E-state index contributed by atoms with van der Waals surface area (Å²) in [6.07, 6.45) is 0.944. The summed E-state index contributed by atoms with van der Waals surface area (Å²) in [5.74, 6) is -1.22. The maximum atomic E-state index is 11.4. The quantitative estimate of drug-likeness (QED) is 0.685. The number of rotatable bonds is 6. The smallest absolute Gasteiger partial charge is 0.241 e. The van der Waals surface area contributed by atoms with Gasteiger partial charge >= 0.3 is 0 Å². The minimum atomic E-state index is -3.97. The highest BCUT2D eigenvalue weighted by Crippen LogP contribution is 2.23. The van der Waals surface area contributed by atoms with Gasteiger partial charge in [0.2, 0.25) is 15.9 Å². The van der Waals surface area contributed by atoms with Crippen LogP contribution in [0.1, 0.15) is 5.56 Å². The molecule has 8 nitrogen and oxygen atoms in total. The number of carbonyl (C=O) groups excluding carboxylic acids is 1. The van der Waals surface area contributed by atoms with Crippen molar-refractivity contribution < 1.29 is 26.4 Å². The van der Waals surface area contributed by atoms with Crippen LogP contribution in [-0.4, -0.2) is 41.9 Å². The summed E-state index contributed by atoms with van der Waals surface area (Å²) >= 11 is 0. The van der Waals surface area contributed by atoms with Crippen LogP contribution in [0, 0.1) is 0 Å². The van der Waals surface area contributed by atoms with Gasteiger partial charge < -0.3 is 10.1 Å². The number of methoxy groups -OCH3 is 1. The van der Waals surface area contributed by atoms with E-state index in [-0.39, 0.29) is 17.2 Å². The summed E-state index contributed by atoms with van der Waals surface area (Å²) in [4.78, 5) is 11.2. The van der Waals surface area contributed by atoms with Crippen molar-refractivity contribution in [2.24, 2.45) is 5.14 Å². The molecular weight excluding hydrogens is 320 g/mol. The average molecular weight is 336 g/mol. The van der Waals surface area contributed by atoms with Crippen LogP contribution in [0.25, 0.3) is 0 Å². The van der Waals surface area contributed by atoms with E-state index in [1.807, 2.05) is 0 Å². The van der Waals surface area contributed by atoms with Crippen molar-refractivity contribution in [2.45, 2.75) is 11.4 Å². The lowest BCUT2D eigenvalue weighted by Gasteiger charge is -2.10. The van der Waals surface area contributed by atoms with E-state index in [0.29, 0.717) is 5.56 Å². The van der Waals surface area contributed by atoms with Gasteiger partial charge in [-0.1, -0.05) is 6.07 Å². The molecule has 0 fully saturated rings. The molecule has 0 saturated carbocycles. The topological polar surface area (TPSA) is 133 Å². The second kappa shape index (κ2) is 6.41. The van der Waals surface area contributed by atoms with Crippen LogP contribution in [0.3, 0.4) is 0 Å². The first kappa shape index (κ1) is 17.4. The van der Waals surface area contributed by atoms with Crippen LogP contribution in [0.2, 0.25) is 0 Å². The maximum Gasteiger partial charge on any atom is 0.241 e. The second-order valence-corrected chi connectivity index (χ2v) is 8.05. The lowest BCUT2D eigenvalue weighted by molar-refractivity contribution is -0.118. The van der Waals surface area contributed by atoms with Crippen LogP contribution in [0.4, 0.5) is 0 Å². The van der Waals surface area contributed by atoms with Crippen molar-refractivity contribution in [1.29, 1.82) is 0 Å². The standard InChI is InChI=1S/C11H16N2O6S2/c1-19-9-4-3-8(5-10(9)21(12,17)18)6-13-11(14)7-20(2,15)16/h3-5H,6-7H2,1-2H3,(H,13,14)(H2,12,17,18). The molecule has 0 radical (unpaired) electrons. The molecule has 0 spiro atoms. The molecule has 21 heavy (non-hydrogen) atoms. The van der Waals surface area contributed by atoms with Crippen molar-refractivity contribution in [1.82, 2.24) is 5.32 Å². The molecule has 0 aliphatic rings. The summed E-state index contributed by atoms with van der Waals surface area (Å²) in [6, 6.07) is 4.20. The molecule has 0 aliphatic heterocycles. The SMILES string of the molecule is COc1ccc(CNC(=O)CS(C)(=O)=O)cc1S(N)(=O)=O. The molecule has 1 rings (SSSR count). The zero-order valence-corrected chi connectivity index (χ0v) is 13.1. The van der Waals surface area contributed by atoms with E-state index in [1.165, 1.54) is 25.3 Å². The Morgan fingerprint density at radius 3 is 2.38 bits per heavy atom. The number of ether oxygens (including phenoxy) is 1. The molecule has 0 unspecified atom stereocenters. The molecule has 0 saturated heterocycles. The van der Waals surface area contributed by atoms with Gasteiger partial charge in [-0.15, -0.1) is 0 Å². The Morgan fingerprint density at radius 1 is 1.29 bits per heavy atom. The van der Waals surface area contributed by atoms with Gasteiger partial charge in [0, 0.05) is 12.8 Å². The molecule has 118 valence electrons. The van der Waals surface area contributed by atoms with Crippen molar-refractivity contribution >= 4 is 25.8 Å². The Hall–Kier alpha value is -1.65. The van der Waals surface area contributed by atoms with Crippen molar-refractivity contribution in [3.05, 3.63) is 23.8 Å². The largest absolute Gasteiger partial charge is 0.495 e. The molecule has 1 aromatic rings. The summed E-state index contributed by atoms with van der Waals surface area (Å²) in [7, 11) is -6.08. The number of sulfone groups is 1. The van der Waals surface area contributed by atoms with E-state index in [1.54, 1.807) is 0 Å². The van der Waals surface area contributed by atoms with Crippen molar-refractivity contribution in [3.63, 3.8) is 0 Å². The van der Waals surface area contributed by atoms with Crippen LogP contribution in [-0.2, 0) is 31.2 Å². The summed E-state index contributed by atoms with van der Waals surface area (Å²) in [5, 5.41) is 7.44. The van der Waals surface area contributed by atoms with E-state index in [9.17, 15) is 21.6 Å². The third-order valence-corrected chi connectivity index (χ3v) is 4.14. The van der Waals surface area contributed by atoms with Crippen LogP contribution < -0.4 is 15.2 Å². The number of carbonyl (C=O) groups is 1. The number of benzene rings is 1. The highest BCUT2D eigenvalue weighted by molar-refractivity contribution is 7.91. The fourth-order valence-corrected chi connectivity index (χ4v) is 2.87. The fraction of sp³-hybridized carbons (Fsp3) is 0.364. The number of amides is 1. The zero-order valence-electron chi connectivity index (χ0n) is 11.5. The molecular formula is C11H16N2O6S2. The Labute approximate surface area is 123 Å². The van der Waals surface area contributed by atoms with Gasteiger partial charge in [-0.2, -0.15) is 0 Å². The van der Waals surface area contributed by atoms with Crippen molar-refractivity contribution in [3.8, 4) is 5.75 Å². The minimum absolute atomic E-state index is 0.0269. The third-order valence-electron chi connectivity index (χ3n) is 2.42. The molecule has 0 aromatic heterocycles. The third kappa shape index (κ3) is 5.69. The van der Waals surface area contributed by atoms with E-state index in [2.05, 4.69) is 5.32 Å². The number of hydrogen-bond acceptors (Lipinski definition) is 6. The molecule has 1 amide bonds. The summed E-state index contributed by atoms with van der Waals surface area (Å²) in [6.45, 7) is -0.0269. The molecule has 1 aromatic carbocycles. The van der Waals surface area contributed by atoms with Crippen LogP contribution >= 0.6 is 0 Å². The second-order valence-electron chi connectivity index (χ2n) is 4.38. The summed E-state index contributed by atoms with van der Waals surface area (Å²) in [5.41, 5.74) is 0.446. The Balaban J connectivity index is 2.89. The van der Waals surface area contributed by atoms with Gasteiger partial charge in [0.1, 0.15) is 16.4 Å². The highest BCUT2D eigenvalue weighted by atomic mass is 32.2. The van der Waals surface area contributed by atoms with Crippen LogP contribution in [0.15, 0.2) is 23.1 Å². The molecule has 0 bridgehead atoms. The van der Waals surface area contributed by atoms with Gasteiger partial charge in [0.05, 0.1) is 7.11 Å². The molecule has 0 heterocycles. The fourth-order valence-electron chi connectivity index (χ4n) is 1.54. The summed E-state index contributed by atoms with van der Waals surface area (Å²) < 4.78 is 49.6. The highest BCUT2D eigenvalue weighted by Gasteiger charge is 2.16. The molecule has 3 N–H and O–H groups in total. The van der Waals surface area contributed by atoms with Gasteiger partial charge in [-0.3, -0.25) is 4.79 Å². The minimum Gasteiger partial charge on any atom is -0.495 e. The predicted octanol–water partition coefficient (Wildman–Crippen LogP) is -0.997. The predicted molar refractivity (Wildman–Crippen MR) is 75.9 cm³/mol. The van der Waals surface area contributed by atoms with E-state index in [4.69, 9.17) is 9.88 Å². The number of nitrogens with two attached hydrogens (primary N) is 1.